The molecule has 2 aromatic carbocycles. The van der Waals surface area contributed by atoms with Crippen LogP contribution in [0.2, 0.25) is 0 Å². The van der Waals surface area contributed by atoms with Gasteiger partial charge in [-0.3, -0.25) is 4.79 Å². The van der Waals surface area contributed by atoms with Gasteiger partial charge in [0.2, 0.25) is 11.7 Å². The predicted molar refractivity (Wildman–Crippen MR) is 217 cm³/mol. The van der Waals surface area contributed by atoms with Crippen LogP contribution in [0.3, 0.4) is 0 Å². The number of unbranched alkanes of at least 4 members (excludes halogenated alkanes) is 2. The fourth-order valence-electron chi connectivity index (χ4n) is 9.00. The van der Waals surface area contributed by atoms with Crippen LogP contribution < -0.4 is 9.47 Å². The number of hydrogen-bond donors (Lipinski definition) is 3. The van der Waals surface area contributed by atoms with Gasteiger partial charge in [0, 0.05) is 54.2 Å². The highest BCUT2D eigenvalue weighted by atomic mass is 32.2. The van der Waals surface area contributed by atoms with Gasteiger partial charge in [0.25, 0.3) is 0 Å². The summed E-state index contributed by atoms with van der Waals surface area (Å²) in [6, 6.07) is 15.8. The molecule has 0 radical (unpaired) electrons. The largest absolute Gasteiger partial charge is 0.493 e. The molecule has 11 nitrogen and oxygen atoms in total. The summed E-state index contributed by atoms with van der Waals surface area (Å²) < 4.78 is 26.5. The Bertz CT molecular complexity index is 1640. The maximum Gasteiger partial charge on any atom is 0.239 e. The molecule has 2 aromatic rings. The van der Waals surface area contributed by atoms with Gasteiger partial charge in [0.1, 0.15) is 24.7 Å². The van der Waals surface area contributed by atoms with Crippen molar-refractivity contribution in [3.8, 4) is 11.5 Å². The molecule has 0 spiro atoms. The summed E-state index contributed by atoms with van der Waals surface area (Å²) in [4.78, 5) is 23.0. The van der Waals surface area contributed by atoms with Crippen molar-refractivity contribution >= 4 is 23.4 Å². The van der Waals surface area contributed by atoms with Crippen LogP contribution in [0.4, 0.5) is 0 Å². The second-order valence-corrected chi connectivity index (χ2v) is 16.3. The lowest BCUT2D eigenvalue weighted by Crippen LogP contribution is -2.70. The third kappa shape index (κ3) is 9.82. The normalized spacial score (nSPS) is 25.8. The van der Waals surface area contributed by atoms with Crippen molar-refractivity contribution in [3.05, 3.63) is 78.4 Å². The van der Waals surface area contributed by atoms with E-state index in [-0.39, 0.29) is 75.1 Å². The second-order valence-electron chi connectivity index (χ2n) is 15.1. The van der Waals surface area contributed by atoms with Gasteiger partial charge in [-0.15, -0.1) is 18.3 Å². The number of aliphatic hydroxyl groups is 3. The lowest BCUT2D eigenvalue weighted by molar-refractivity contribution is -0.258. The second kappa shape index (κ2) is 20.9. The Labute approximate surface area is 336 Å². The van der Waals surface area contributed by atoms with Gasteiger partial charge in [-0.05, 0) is 86.3 Å². The number of aliphatic hydroxyl groups excluding tert-OH is 3. The maximum atomic E-state index is 14.4. The molecule has 0 aromatic heterocycles. The van der Waals surface area contributed by atoms with Gasteiger partial charge in [-0.2, -0.15) is 0 Å². The molecular formula is C44H60N2O9S. The number of ether oxygens (including phenoxy) is 4. The molecule has 1 heterocycles. The smallest absolute Gasteiger partial charge is 0.239 e. The van der Waals surface area contributed by atoms with Crippen molar-refractivity contribution in [3.63, 3.8) is 0 Å². The van der Waals surface area contributed by atoms with Gasteiger partial charge in [-0.1, -0.05) is 48.3 Å². The Morgan fingerprint density at radius 2 is 1.80 bits per heavy atom. The average Bonchev–Trinajstić information content (AvgIpc) is 4.07. The van der Waals surface area contributed by atoms with E-state index in [9.17, 15) is 20.1 Å². The van der Waals surface area contributed by atoms with E-state index in [0.29, 0.717) is 38.2 Å². The fourth-order valence-corrected chi connectivity index (χ4v) is 9.75. The summed E-state index contributed by atoms with van der Waals surface area (Å²) >= 11 is 1.75. The zero-order valence-electron chi connectivity index (χ0n) is 32.8. The van der Waals surface area contributed by atoms with Crippen molar-refractivity contribution in [2.45, 2.75) is 80.4 Å². The first-order chi connectivity index (χ1) is 27.5. The Kier molecular flexibility index (Phi) is 15.7. The van der Waals surface area contributed by atoms with Crippen molar-refractivity contribution in [1.29, 1.82) is 0 Å². The SMILES string of the molecule is C=CCOC12Oc3ccc(OCCSc4ccccc4)cc3C3C(CCCCO)C(CCCCO)C=C(C(=NOC)CC1N(CCOCCO)C(=O)C1CC1)C32. The van der Waals surface area contributed by atoms with Crippen LogP contribution in [0.5, 0.6) is 11.5 Å². The summed E-state index contributed by atoms with van der Waals surface area (Å²) in [6.45, 7) is 5.59. The number of carbonyl (C=O) groups is 1. The van der Waals surface area contributed by atoms with Crippen LogP contribution in [-0.2, 0) is 19.1 Å². The average molecular weight is 793 g/mol. The first-order valence-corrected chi connectivity index (χ1v) is 21.4. The Morgan fingerprint density at radius 1 is 1.02 bits per heavy atom. The number of oxime groups is 1. The summed E-state index contributed by atoms with van der Waals surface area (Å²) in [7, 11) is 1.55. The molecule has 1 amide bonds. The van der Waals surface area contributed by atoms with E-state index in [1.165, 1.54) is 4.90 Å². The van der Waals surface area contributed by atoms with E-state index in [0.717, 1.165) is 66.9 Å². The number of amides is 1. The topological polar surface area (TPSA) is 140 Å². The van der Waals surface area contributed by atoms with E-state index >= 15 is 0 Å². The quantitative estimate of drug-likeness (QED) is 0.0476. The number of hydrogen-bond acceptors (Lipinski definition) is 11. The Morgan fingerprint density at radius 3 is 2.52 bits per heavy atom. The summed E-state index contributed by atoms with van der Waals surface area (Å²) in [6.07, 6.45) is 10.9. The van der Waals surface area contributed by atoms with Crippen LogP contribution in [0, 0.1) is 23.7 Å². The highest BCUT2D eigenvalue weighted by Gasteiger charge is 2.65. The van der Waals surface area contributed by atoms with Crippen LogP contribution in [-0.4, -0.2) is 109 Å². The van der Waals surface area contributed by atoms with Gasteiger partial charge in [0.15, 0.2) is 0 Å². The van der Waals surface area contributed by atoms with Gasteiger partial charge in [0.05, 0.1) is 44.7 Å². The van der Waals surface area contributed by atoms with Crippen molar-refractivity contribution in [2.24, 2.45) is 28.8 Å². The molecule has 306 valence electrons. The minimum atomic E-state index is -1.31. The third-order valence-corrected chi connectivity index (χ3v) is 12.5. The van der Waals surface area contributed by atoms with Crippen molar-refractivity contribution < 1.29 is 43.9 Å². The molecule has 2 fully saturated rings. The molecule has 12 heteroatoms. The molecule has 3 N–H and O–H groups in total. The van der Waals surface area contributed by atoms with Gasteiger partial charge >= 0.3 is 0 Å². The van der Waals surface area contributed by atoms with E-state index in [1.807, 2.05) is 35.2 Å². The molecule has 56 heavy (non-hydrogen) atoms. The highest BCUT2D eigenvalue weighted by molar-refractivity contribution is 7.99. The number of rotatable bonds is 24. The molecule has 0 saturated heterocycles. The zero-order chi connectivity index (χ0) is 39.3. The van der Waals surface area contributed by atoms with E-state index in [4.69, 9.17) is 23.8 Å². The molecule has 6 rings (SSSR count). The molecule has 4 aliphatic rings. The summed E-state index contributed by atoms with van der Waals surface area (Å²) in [5.41, 5.74) is 2.78. The van der Waals surface area contributed by atoms with Crippen molar-refractivity contribution in [1.82, 2.24) is 4.90 Å². The molecule has 3 aliphatic carbocycles. The minimum Gasteiger partial charge on any atom is -0.493 e. The van der Waals surface area contributed by atoms with Crippen LogP contribution >= 0.6 is 11.8 Å². The molecule has 2 saturated carbocycles. The molecule has 6 unspecified atom stereocenters. The van der Waals surface area contributed by atoms with Gasteiger partial charge in [-0.25, -0.2) is 0 Å². The molecular weight excluding hydrogens is 733 g/mol. The lowest BCUT2D eigenvalue weighted by atomic mass is 9.55. The fraction of sp³-hybridized carbons (Fsp3) is 0.591. The predicted octanol–water partition coefficient (Wildman–Crippen LogP) is 6.37. The van der Waals surface area contributed by atoms with Crippen LogP contribution in [0.15, 0.2) is 82.9 Å². The Balaban J connectivity index is 1.47. The number of benzene rings is 2. The summed E-state index contributed by atoms with van der Waals surface area (Å²) in [5, 5.41) is 33.8. The third-order valence-electron chi connectivity index (χ3n) is 11.5. The summed E-state index contributed by atoms with van der Waals surface area (Å²) in [5.74, 6) is 0.630. The first kappa shape index (κ1) is 42.2. The molecule has 1 aliphatic heterocycles. The first-order valence-electron chi connectivity index (χ1n) is 20.4. The minimum absolute atomic E-state index is 0.0358. The standard InChI is InChI=1S/C44H60N2O9S/c1-3-23-54-44-40(46(19-24-52-25-22-49)43(50)31-15-16-31)30-38(45-51-2)36-28-32(11-7-9-20-47)35(14-8-10-21-48)41(42(36)44)37-29-33(17-18-39(37)55-44)53-26-27-56-34-12-5-4-6-13-34/h3-6,12-13,17-18,28-29,31-32,35,40-42,47-49H,1,7-11,14-16,19-27,30H2,2H3. The van der Waals surface area contributed by atoms with Crippen molar-refractivity contribution in [2.75, 3.05) is 65.7 Å². The number of carbonyl (C=O) groups excluding carboxylic acids is 1. The number of thioether (sulfide) groups is 1. The lowest BCUT2D eigenvalue weighted by Gasteiger charge is -2.60. The highest BCUT2D eigenvalue weighted by Crippen LogP contribution is 2.62. The number of allylic oxidation sites excluding steroid dienone is 1. The zero-order valence-corrected chi connectivity index (χ0v) is 33.6. The number of nitrogens with zero attached hydrogens (tertiary/aromatic N) is 2. The maximum absolute atomic E-state index is 14.4. The van der Waals surface area contributed by atoms with Gasteiger partial charge < -0.3 is 44.0 Å². The van der Waals surface area contributed by atoms with E-state index < -0.39 is 11.8 Å². The Hall–Kier alpha value is -3.39. The monoisotopic (exact) mass is 792 g/mol. The van der Waals surface area contributed by atoms with E-state index in [1.54, 1.807) is 24.9 Å². The number of fused-ring (bicyclic) bond motifs is 2. The van der Waals surface area contributed by atoms with E-state index in [2.05, 4.69) is 36.0 Å². The van der Waals surface area contributed by atoms with Crippen LogP contribution in [0.1, 0.15) is 69.3 Å². The molecule has 0 bridgehead atoms. The molecule has 6 atom stereocenters. The van der Waals surface area contributed by atoms with Crippen LogP contribution in [0.25, 0.3) is 0 Å².